The number of halogens is 1. The Morgan fingerprint density at radius 2 is 1.69 bits per heavy atom. The minimum Gasteiger partial charge on any atom is -0.507 e. The topological polar surface area (TPSA) is 154 Å². The van der Waals surface area contributed by atoms with E-state index >= 15 is 0 Å². The van der Waals surface area contributed by atoms with Gasteiger partial charge >= 0.3 is 5.69 Å². The number of amides is 2. The molecule has 3 rings (SSSR count). The van der Waals surface area contributed by atoms with Crippen molar-refractivity contribution >= 4 is 40.9 Å². The summed E-state index contributed by atoms with van der Waals surface area (Å²) in [6, 6.07) is 16.5. The first-order valence-corrected chi connectivity index (χ1v) is 10.4. The van der Waals surface area contributed by atoms with Crippen molar-refractivity contribution < 1.29 is 24.7 Å². The number of aromatic hydroxyl groups is 2. The first-order valence-electron chi connectivity index (χ1n) is 10.0. The molecule has 0 aliphatic rings. The van der Waals surface area contributed by atoms with Gasteiger partial charge in [0.05, 0.1) is 10.6 Å². The lowest BCUT2D eigenvalue weighted by atomic mass is 10.1. The fourth-order valence-corrected chi connectivity index (χ4v) is 3.05. The van der Waals surface area contributed by atoms with Gasteiger partial charge in [0.1, 0.15) is 11.4 Å². The van der Waals surface area contributed by atoms with Gasteiger partial charge in [-0.25, -0.2) is 5.43 Å². The second-order valence-corrected chi connectivity index (χ2v) is 7.62. The van der Waals surface area contributed by atoms with E-state index in [1.165, 1.54) is 13.0 Å². The molecule has 0 aromatic heterocycles. The van der Waals surface area contributed by atoms with Crippen LogP contribution in [0.4, 0.5) is 5.69 Å². The van der Waals surface area contributed by atoms with Crippen LogP contribution >= 0.6 is 11.6 Å². The summed E-state index contributed by atoms with van der Waals surface area (Å²) in [5, 5.41) is 37.7. The molecular formula is C24H19ClN4O6. The number of nitrogens with zero attached hydrogens (tertiary/aromatic N) is 2. The van der Waals surface area contributed by atoms with Gasteiger partial charge in [0.25, 0.3) is 11.8 Å². The lowest BCUT2D eigenvalue weighted by Gasteiger charge is -2.10. The molecule has 2 amide bonds. The van der Waals surface area contributed by atoms with E-state index in [4.69, 9.17) is 11.6 Å². The van der Waals surface area contributed by atoms with Crippen molar-refractivity contribution in [3.63, 3.8) is 0 Å². The number of nitro groups is 1. The molecule has 0 aliphatic heterocycles. The summed E-state index contributed by atoms with van der Waals surface area (Å²) in [6.07, 6.45) is 1.42. The number of benzene rings is 3. The van der Waals surface area contributed by atoms with Crippen LogP contribution in [-0.2, 0) is 4.79 Å². The molecule has 3 aromatic rings. The minimum atomic E-state index is -0.823. The van der Waals surface area contributed by atoms with Gasteiger partial charge in [-0.2, -0.15) is 5.10 Å². The molecule has 3 aromatic carbocycles. The zero-order valence-corrected chi connectivity index (χ0v) is 19.0. The smallest absolute Gasteiger partial charge is 0.311 e. The predicted octanol–water partition coefficient (Wildman–Crippen LogP) is 3.97. The largest absolute Gasteiger partial charge is 0.507 e. The number of phenolic OH excluding ortho intramolecular Hbond substituents is 2. The molecule has 0 bridgehead atoms. The zero-order valence-electron chi connectivity index (χ0n) is 18.2. The second-order valence-electron chi connectivity index (χ2n) is 7.18. The highest BCUT2D eigenvalue weighted by Gasteiger charge is 2.20. The van der Waals surface area contributed by atoms with Gasteiger partial charge in [0, 0.05) is 28.3 Å². The molecule has 0 saturated carbocycles. The van der Waals surface area contributed by atoms with Crippen LogP contribution in [0.1, 0.15) is 28.4 Å². The molecule has 0 radical (unpaired) electrons. The Hall–Kier alpha value is -4.70. The van der Waals surface area contributed by atoms with Crippen molar-refractivity contribution in [2.75, 3.05) is 0 Å². The van der Waals surface area contributed by atoms with E-state index in [0.29, 0.717) is 16.1 Å². The van der Waals surface area contributed by atoms with Gasteiger partial charge in [-0.1, -0.05) is 41.9 Å². The number of rotatable bonds is 7. The summed E-state index contributed by atoms with van der Waals surface area (Å²) >= 11 is 5.91. The van der Waals surface area contributed by atoms with Crippen LogP contribution in [0.3, 0.4) is 0 Å². The molecule has 0 atom stereocenters. The normalized spacial score (nSPS) is 11.6. The number of hydrazone groups is 1. The third-order valence-electron chi connectivity index (χ3n) is 4.71. The first kappa shape index (κ1) is 24.9. The van der Waals surface area contributed by atoms with E-state index in [2.05, 4.69) is 15.8 Å². The van der Waals surface area contributed by atoms with Gasteiger partial charge in [0.2, 0.25) is 0 Å². The quantitative estimate of drug-likeness (QED) is 0.168. The third kappa shape index (κ3) is 6.42. The molecule has 0 aliphatic carbocycles. The Bertz CT molecular complexity index is 1340. The van der Waals surface area contributed by atoms with Crippen molar-refractivity contribution in [2.24, 2.45) is 5.10 Å². The number of carbonyl (C=O) groups excluding carboxylic acids is 2. The number of phenols is 2. The molecule has 0 fully saturated rings. The molecule has 178 valence electrons. The van der Waals surface area contributed by atoms with E-state index in [9.17, 15) is 29.9 Å². The van der Waals surface area contributed by atoms with E-state index < -0.39 is 33.9 Å². The molecular weight excluding hydrogens is 476 g/mol. The summed E-state index contributed by atoms with van der Waals surface area (Å²) in [7, 11) is 0. The summed E-state index contributed by atoms with van der Waals surface area (Å²) in [5.74, 6) is -2.52. The zero-order chi connectivity index (χ0) is 25.5. The Labute approximate surface area is 204 Å². The van der Waals surface area contributed by atoms with E-state index in [-0.39, 0.29) is 17.0 Å². The molecule has 0 spiro atoms. The van der Waals surface area contributed by atoms with Gasteiger partial charge in [-0.3, -0.25) is 19.7 Å². The maximum absolute atomic E-state index is 12.9. The number of nitrogens with one attached hydrogen (secondary N) is 2. The molecule has 4 N–H and O–H groups in total. The van der Waals surface area contributed by atoms with E-state index in [1.54, 1.807) is 54.6 Å². The van der Waals surface area contributed by atoms with Crippen molar-refractivity contribution in [3.8, 4) is 11.5 Å². The van der Waals surface area contributed by atoms with Crippen molar-refractivity contribution in [1.29, 1.82) is 0 Å². The van der Waals surface area contributed by atoms with Crippen LogP contribution in [0.15, 0.2) is 77.5 Å². The summed E-state index contributed by atoms with van der Waals surface area (Å²) in [5.41, 5.74) is 2.30. The van der Waals surface area contributed by atoms with Crippen molar-refractivity contribution in [2.45, 2.75) is 6.92 Å². The summed E-state index contributed by atoms with van der Waals surface area (Å²) < 4.78 is 0. The Morgan fingerprint density at radius 3 is 2.31 bits per heavy atom. The van der Waals surface area contributed by atoms with Crippen LogP contribution in [0.2, 0.25) is 5.02 Å². The molecule has 0 heterocycles. The molecule has 35 heavy (non-hydrogen) atoms. The van der Waals surface area contributed by atoms with Crippen molar-refractivity contribution in [3.05, 3.63) is 104 Å². The fourth-order valence-electron chi connectivity index (χ4n) is 2.92. The van der Waals surface area contributed by atoms with E-state index in [0.717, 1.165) is 12.1 Å². The van der Waals surface area contributed by atoms with Crippen molar-refractivity contribution in [1.82, 2.24) is 10.7 Å². The highest BCUT2D eigenvalue weighted by Crippen LogP contribution is 2.33. The van der Waals surface area contributed by atoms with Crippen LogP contribution in [0.5, 0.6) is 11.5 Å². The Kier molecular flexibility index (Phi) is 7.80. The van der Waals surface area contributed by atoms with Gasteiger partial charge in [-0.15, -0.1) is 0 Å². The van der Waals surface area contributed by atoms with Gasteiger partial charge in [0.15, 0.2) is 5.75 Å². The number of carbonyl (C=O) groups is 2. The van der Waals surface area contributed by atoms with Gasteiger partial charge < -0.3 is 15.5 Å². The first-order chi connectivity index (χ1) is 16.7. The molecule has 0 unspecified atom stereocenters. The SMILES string of the molecule is CC(=NNC(=O)C(=Cc1ccc(Cl)cc1)NC(=O)c1ccccc1)c1cc([N+](=O)[O-])c(O)cc1O. The Balaban J connectivity index is 1.89. The van der Waals surface area contributed by atoms with Crippen LogP contribution in [-0.4, -0.2) is 32.7 Å². The number of hydrogen-bond donors (Lipinski definition) is 4. The monoisotopic (exact) mass is 494 g/mol. The third-order valence-corrected chi connectivity index (χ3v) is 4.97. The number of hydrogen-bond acceptors (Lipinski definition) is 7. The second kappa shape index (κ2) is 10.9. The molecule has 11 heteroatoms. The maximum Gasteiger partial charge on any atom is 0.311 e. The molecule has 10 nitrogen and oxygen atoms in total. The standard InChI is InChI=1S/C24H19ClN4O6/c1-14(18-12-20(29(34)35)22(31)13-21(18)30)27-28-24(33)19(11-15-7-9-17(25)10-8-15)26-23(32)16-5-3-2-4-6-16/h2-13,30-31H,1H3,(H,26,32)(H,28,33). The number of nitro benzene ring substituents is 1. The molecule has 0 saturated heterocycles. The Morgan fingerprint density at radius 1 is 1.03 bits per heavy atom. The van der Waals surface area contributed by atoms with Crippen LogP contribution in [0.25, 0.3) is 6.08 Å². The minimum absolute atomic E-state index is 0.0131. The highest BCUT2D eigenvalue weighted by molar-refractivity contribution is 6.30. The summed E-state index contributed by atoms with van der Waals surface area (Å²) in [6.45, 7) is 1.39. The van der Waals surface area contributed by atoms with Gasteiger partial charge in [-0.05, 0) is 42.8 Å². The highest BCUT2D eigenvalue weighted by atomic mass is 35.5. The predicted molar refractivity (Wildman–Crippen MR) is 130 cm³/mol. The average molecular weight is 495 g/mol. The van der Waals surface area contributed by atoms with Crippen LogP contribution in [0, 0.1) is 10.1 Å². The fraction of sp³-hybridized carbons (Fsp3) is 0.0417. The van der Waals surface area contributed by atoms with Crippen LogP contribution < -0.4 is 10.7 Å². The average Bonchev–Trinajstić information content (AvgIpc) is 2.83. The maximum atomic E-state index is 12.9. The lowest BCUT2D eigenvalue weighted by molar-refractivity contribution is -0.385. The summed E-state index contributed by atoms with van der Waals surface area (Å²) in [4.78, 5) is 35.8. The lowest BCUT2D eigenvalue weighted by Crippen LogP contribution is -2.33. The van der Waals surface area contributed by atoms with E-state index in [1.807, 2.05) is 0 Å².